The van der Waals surface area contributed by atoms with Crippen LogP contribution in [0.1, 0.15) is 18.4 Å². The lowest BCUT2D eigenvalue weighted by atomic mass is 10.1. The topological polar surface area (TPSA) is 41.9 Å². The zero-order valence-electron chi connectivity index (χ0n) is 14.9. The number of aliphatic hydroxyl groups excluding tert-OH is 1. The molecule has 1 saturated heterocycles. The monoisotopic (exact) mass is 375 g/mol. The third-order valence-electron chi connectivity index (χ3n) is 4.46. The van der Waals surface area contributed by atoms with E-state index in [1.165, 1.54) is 5.56 Å². The molecule has 5 heteroatoms. The predicted octanol–water partition coefficient (Wildman–Crippen LogP) is 3.76. The van der Waals surface area contributed by atoms with Crippen molar-refractivity contribution in [3.63, 3.8) is 0 Å². The molecule has 1 fully saturated rings. The summed E-state index contributed by atoms with van der Waals surface area (Å²) in [7, 11) is 0. The number of aliphatic hydroxyl groups is 1. The van der Waals surface area contributed by atoms with E-state index >= 15 is 0 Å². The third-order valence-corrected chi connectivity index (χ3v) is 4.71. The second kappa shape index (κ2) is 9.93. The Morgan fingerprint density at radius 1 is 1.15 bits per heavy atom. The van der Waals surface area contributed by atoms with Crippen LogP contribution >= 0.6 is 11.6 Å². The molecule has 0 amide bonds. The van der Waals surface area contributed by atoms with Crippen LogP contribution in [0.5, 0.6) is 5.75 Å². The third kappa shape index (κ3) is 6.29. The van der Waals surface area contributed by atoms with Crippen LogP contribution in [-0.2, 0) is 11.3 Å². The second-order valence-electron chi connectivity index (χ2n) is 6.73. The molecule has 1 N–H and O–H groups in total. The van der Waals surface area contributed by atoms with E-state index in [1.807, 2.05) is 30.3 Å². The normalized spacial score (nSPS) is 18.2. The molecular formula is C21H26ClNO3. The molecule has 1 aliphatic heterocycles. The van der Waals surface area contributed by atoms with E-state index in [0.29, 0.717) is 17.3 Å². The van der Waals surface area contributed by atoms with Crippen LogP contribution < -0.4 is 4.74 Å². The Bertz CT molecular complexity index is 644. The van der Waals surface area contributed by atoms with Gasteiger partial charge in [0.05, 0.1) is 6.10 Å². The Hall–Kier alpha value is -1.59. The molecule has 1 heterocycles. The first-order valence-electron chi connectivity index (χ1n) is 9.13. The largest absolute Gasteiger partial charge is 0.491 e. The zero-order valence-corrected chi connectivity index (χ0v) is 15.6. The molecular weight excluding hydrogens is 350 g/mol. The molecule has 4 nitrogen and oxygen atoms in total. The van der Waals surface area contributed by atoms with Gasteiger partial charge in [0.25, 0.3) is 0 Å². The molecule has 1 aliphatic rings. The molecule has 0 bridgehead atoms. The summed E-state index contributed by atoms with van der Waals surface area (Å²) in [6.07, 6.45) is 1.88. The van der Waals surface area contributed by atoms with E-state index in [9.17, 15) is 5.11 Å². The van der Waals surface area contributed by atoms with Gasteiger partial charge in [0.1, 0.15) is 18.5 Å². The van der Waals surface area contributed by atoms with Crippen molar-refractivity contribution in [2.45, 2.75) is 31.6 Å². The van der Waals surface area contributed by atoms with Crippen LogP contribution in [0, 0.1) is 0 Å². The van der Waals surface area contributed by atoms with Crippen molar-refractivity contribution in [2.75, 3.05) is 26.3 Å². The number of hydrogen-bond donors (Lipinski definition) is 1. The van der Waals surface area contributed by atoms with Gasteiger partial charge >= 0.3 is 0 Å². The van der Waals surface area contributed by atoms with Gasteiger partial charge < -0.3 is 14.6 Å². The van der Waals surface area contributed by atoms with Crippen molar-refractivity contribution in [2.24, 2.45) is 0 Å². The average Bonchev–Trinajstić information content (AvgIpc) is 3.15. The molecule has 0 radical (unpaired) electrons. The molecule has 2 atom stereocenters. The van der Waals surface area contributed by atoms with Gasteiger partial charge in [-0.1, -0.05) is 41.9 Å². The van der Waals surface area contributed by atoms with Gasteiger partial charge in [-0.3, -0.25) is 4.90 Å². The highest BCUT2D eigenvalue weighted by atomic mass is 35.5. The maximum atomic E-state index is 10.5. The highest BCUT2D eigenvalue weighted by Crippen LogP contribution is 2.17. The lowest BCUT2D eigenvalue weighted by Crippen LogP contribution is -2.39. The number of rotatable bonds is 9. The minimum atomic E-state index is -0.573. The quantitative estimate of drug-likeness (QED) is 0.724. The first-order valence-corrected chi connectivity index (χ1v) is 9.51. The fourth-order valence-electron chi connectivity index (χ4n) is 3.20. The Morgan fingerprint density at radius 3 is 2.62 bits per heavy atom. The molecule has 2 aromatic rings. The fourth-order valence-corrected chi connectivity index (χ4v) is 3.32. The van der Waals surface area contributed by atoms with Crippen molar-refractivity contribution < 1.29 is 14.6 Å². The van der Waals surface area contributed by atoms with Crippen molar-refractivity contribution in [1.29, 1.82) is 0 Å². The van der Waals surface area contributed by atoms with E-state index in [-0.39, 0.29) is 12.7 Å². The minimum Gasteiger partial charge on any atom is -0.491 e. The Balaban J connectivity index is 1.53. The average molecular weight is 376 g/mol. The number of benzene rings is 2. The Morgan fingerprint density at radius 2 is 1.92 bits per heavy atom. The lowest BCUT2D eigenvalue weighted by Gasteiger charge is -2.27. The summed E-state index contributed by atoms with van der Waals surface area (Å²) in [5, 5.41) is 11.1. The summed E-state index contributed by atoms with van der Waals surface area (Å²) in [4.78, 5) is 2.25. The Labute approximate surface area is 160 Å². The van der Waals surface area contributed by atoms with E-state index in [4.69, 9.17) is 21.1 Å². The standard InChI is InChI=1S/C21H26ClNO3/c22-18-8-10-20(11-9-18)26-16-19(24)14-23(15-21-7-4-12-25-21)13-17-5-2-1-3-6-17/h1-3,5-6,8-11,19,21,24H,4,7,12-16H2/t19-,21-/m0/s1. The van der Waals surface area contributed by atoms with Gasteiger partial charge in [-0.25, -0.2) is 0 Å². The predicted molar refractivity (Wildman–Crippen MR) is 104 cm³/mol. The Kier molecular flexibility index (Phi) is 7.32. The van der Waals surface area contributed by atoms with Crippen molar-refractivity contribution in [3.05, 3.63) is 65.2 Å². The van der Waals surface area contributed by atoms with Crippen molar-refractivity contribution >= 4 is 11.6 Å². The van der Waals surface area contributed by atoms with E-state index in [0.717, 1.165) is 32.5 Å². The van der Waals surface area contributed by atoms with Gasteiger partial charge in [0.2, 0.25) is 0 Å². The summed E-state index contributed by atoms with van der Waals surface area (Å²) >= 11 is 5.88. The molecule has 0 aromatic heterocycles. The summed E-state index contributed by atoms with van der Waals surface area (Å²) in [5.41, 5.74) is 1.23. The van der Waals surface area contributed by atoms with E-state index in [2.05, 4.69) is 17.0 Å². The number of hydrogen-bond acceptors (Lipinski definition) is 4. The molecule has 3 rings (SSSR count). The smallest absolute Gasteiger partial charge is 0.119 e. The zero-order chi connectivity index (χ0) is 18.2. The molecule has 0 saturated carbocycles. The fraction of sp³-hybridized carbons (Fsp3) is 0.429. The van der Waals surface area contributed by atoms with Crippen LogP contribution in [0.15, 0.2) is 54.6 Å². The second-order valence-corrected chi connectivity index (χ2v) is 7.17. The van der Waals surface area contributed by atoms with Crippen LogP contribution in [0.2, 0.25) is 5.02 Å². The summed E-state index contributed by atoms with van der Waals surface area (Å²) in [5.74, 6) is 0.710. The molecule has 2 aromatic carbocycles. The van der Waals surface area contributed by atoms with Crippen LogP contribution in [-0.4, -0.2) is 48.5 Å². The van der Waals surface area contributed by atoms with Crippen molar-refractivity contribution in [3.8, 4) is 5.75 Å². The number of halogens is 1. The summed E-state index contributed by atoms with van der Waals surface area (Å²) in [6, 6.07) is 17.5. The summed E-state index contributed by atoms with van der Waals surface area (Å²) < 4.78 is 11.5. The molecule has 0 spiro atoms. The van der Waals surface area contributed by atoms with Gasteiger partial charge in [-0.05, 0) is 42.7 Å². The van der Waals surface area contributed by atoms with Gasteiger partial charge in [0.15, 0.2) is 0 Å². The first-order chi connectivity index (χ1) is 12.7. The first kappa shape index (κ1) is 19.2. The number of nitrogens with zero attached hydrogens (tertiary/aromatic N) is 1. The van der Waals surface area contributed by atoms with Crippen molar-refractivity contribution in [1.82, 2.24) is 4.90 Å². The highest BCUT2D eigenvalue weighted by molar-refractivity contribution is 6.30. The van der Waals surface area contributed by atoms with E-state index in [1.54, 1.807) is 12.1 Å². The highest BCUT2D eigenvalue weighted by Gasteiger charge is 2.21. The molecule has 26 heavy (non-hydrogen) atoms. The number of ether oxygens (including phenoxy) is 2. The lowest BCUT2D eigenvalue weighted by molar-refractivity contribution is 0.0313. The van der Waals surface area contributed by atoms with Gasteiger partial charge in [0, 0.05) is 31.3 Å². The van der Waals surface area contributed by atoms with Gasteiger partial charge in [-0.15, -0.1) is 0 Å². The van der Waals surface area contributed by atoms with Gasteiger partial charge in [-0.2, -0.15) is 0 Å². The maximum absolute atomic E-state index is 10.5. The SMILES string of the molecule is O[C@H](COc1ccc(Cl)cc1)CN(Cc1ccccc1)C[C@@H]1CCCO1. The molecule has 0 aliphatic carbocycles. The molecule has 0 unspecified atom stereocenters. The van der Waals surface area contributed by atoms with Crippen LogP contribution in [0.25, 0.3) is 0 Å². The minimum absolute atomic E-state index is 0.248. The maximum Gasteiger partial charge on any atom is 0.119 e. The molecule has 140 valence electrons. The van der Waals surface area contributed by atoms with Crippen LogP contribution in [0.4, 0.5) is 0 Å². The van der Waals surface area contributed by atoms with E-state index < -0.39 is 6.10 Å². The summed E-state index contributed by atoms with van der Waals surface area (Å²) in [6.45, 7) is 3.25. The van der Waals surface area contributed by atoms with Crippen LogP contribution in [0.3, 0.4) is 0 Å².